The lowest BCUT2D eigenvalue weighted by molar-refractivity contribution is -0.0277. The number of nitrogens with two attached hydrogens (primary N) is 1. The van der Waals surface area contributed by atoms with Crippen molar-refractivity contribution in [2.24, 2.45) is 5.73 Å². The smallest absolute Gasteiger partial charge is 0.279 e. The van der Waals surface area contributed by atoms with Gasteiger partial charge in [-0.3, -0.25) is 5.41 Å². The molecule has 8 nitrogen and oxygen atoms in total. The lowest BCUT2D eigenvalue weighted by atomic mass is 9.87. The molecule has 0 aliphatic carbocycles. The van der Waals surface area contributed by atoms with Crippen molar-refractivity contribution in [2.45, 2.75) is 25.4 Å². The van der Waals surface area contributed by atoms with Crippen LogP contribution >= 0.6 is 0 Å². The second-order valence-electron chi connectivity index (χ2n) is 9.04. The fourth-order valence-electron chi connectivity index (χ4n) is 4.51. The third-order valence-corrected chi connectivity index (χ3v) is 6.10. The predicted octanol–water partition coefficient (Wildman–Crippen LogP) is 4.05. The van der Waals surface area contributed by atoms with Gasteiger partial charge in [0.05, 0.1) is 30.0 Å². The molecule has 3 aromatic rings. The molecule has 0 saturated carbocycles. The van der Waals surface area contributed by atoms with Crippen LogP contribution in [-0.2, 0) is 9.47 Å². The van der Waals surface area contributed by atoms with Crippen LogP contribution in [-0.4, -0.2) is 47.9 Å². The number of pyridine rings is 2. The molecular formula is C25H26FN5O3. The van der Waals surface area contributed by atoms with Crippen molar-refractivity contribution in [1.82, 2.24) is 9.97 Å². The molecule has 0 amide bonds. The van der Waals surface area contributed by atoms with E-state index in [0.717, 1.165) is 29.9 Å². The van der Waals surface area contributed by atoms with E-state index in [9.17, 15) is 4.39 Å². The Morgan fingerprint density at radius 1 is 1.26 bits per heavy atom. The highest BCUT2D eigenvalue weighted by Crippen LogP contribution is 2.46. The van der Waals surface area contributed by atoms with Gasteiger partial charge in [0, 0.05) is 36.0 Å². The van der Waals surface area contributed by atoms with Gasteiger partial charge in [-0.2, -0.15) is 4.39 Å². The summed E-state index contributed by atoms with van der Waals surface area (Å²) in [6, 6.07) is 10.5. The third kappa shape index (κ3) is 4.26. The van der Waals surface area contributed by atoms with Gasteiger partial charge in [0.2, 0.25) is 11.8 Å². The van der Waals surface area contributed by atoms with Crippen LogP contribution in [0.15, 0.2) is 48.8 Å². The lowest BCUT2D eigenvalue weighted by Crippen LogP contribution is -2.48. The molecule has 1 fully saturated rings. The van der Waals surface area contributed by atoms with Gasteiger partial charge in [0.1, 0.15) is 12.4 Å². The van der Waals surface area contributed by atoms with Gasteiger partial charge in [-0.1, -0.05) is 6.07 Å². The summed E-state index contributed by atoms with van der Waals surface area (Å²) < 4.78 is 31.8. The van der Waals surface area contributed by atoms with Crippen molar-refractivity contribution in [2.75, 3.05) is 31.2 Å². The van der Waals surface area contributed by atoms with E-state index in [1.807, 2.05) is 12.1 Å². The first-order valence-corrected chi connectivity index (χ1v) is 11.1. The second kappa shape index (κ2) is 8.57. The van der Waals surface area contributed by atoms with Gasteiger partial charge in [-0.05, 0) is 49.7 Å². The second-order valence-corrected chi connectivity index (χ2v) is 9.04. The van der Waals surface area contributed by atoms with Crippen LogP contribution in [0.3, 0.4) is 0 Å². The van der Waals surface area contributed by atoms with Gasteiger partial charge >= 0.3 is 0 Å². The molecule has 1 aromatic carbocycles. The van der Waals surface area contributed by atoms with E-state index in [1.54, 1.807) is 30.5 Å². The topological polar surface area (TPSA) is 107 Å². The standard InChI is InChI=1S/C25H26FN5O3/c1-25(2)14-31(8-9-33-25)16-11-19-20(13-32-24(27)28)18-10-15(17-4-3-7-29-22(17)26)5-6-21(18)34-23(19)30-12-16/h3-7,10-12,20H,8-9,13-14H2,1-2H3,(H3,27,28)/t20-/m1/s1. The van der Waals surface area contributed by atoms with Gasteiger partial charge in [0.15, 0.2) is 0 Å². The number of rotatable bonds is 4. The van der Waals surface area contributed by atoms with Crippen molar-refractivity contribution in [1.29, 1.82) is 5.41 Å². The van der Waals surface area contributed by atoms with E-state index in [2.05, 4.69) is 28.7 Å². The van der Waals surface area contributed by atoms with E-state index in [4.69, 9.17) is 25.4 Å². The summed E-state index contributed by atoms with van der Waals surface area (Å²) >= 11 is 0. The summed E-state index contributed by atoms with van der Waals surface area (Å²) in [4.78, 5) is 10.6. The molecule has 4 heterocycles. The first-order chi connectivity index (χ1) is 16.3. The normalized spacial score (nSPS) is 18.4. The van der Waals surface area contributed by atoms with Gasteiger partial charge in [0.25, 0.3) is 6.02 Å². The Labute approximate surface area is 197 Å². The molecule has 9 heteroatoms. The SMILES string of the molecule is CC1(C)CN(c2cnc3c(c2)[C@H](COC(=N)N)c2cc(-c4cccnc4F)ccc2O3)CCO1. The van der Waals surface area contributed by atoms with Crippen LogP contribution in [0.1, 0.15) is 30.9 Å². The van der Waals surface area contributed by atoms with Gasteiger partial charge < -0.3 is 24.8 Å². The van der Waals surface area contributed by atoms with Crippen molar-refractivity contribution in [3.05, 3.63) is 65.9 Å². The number of amidine groups is 1. The molecule has 2 aliphatic rings. The first-order valence-electron chi connectivity index (χ1n) is 11.1. The molecule has 0 unspecified atom stereocenters. The number of hydrogen-bond acceptors (Lipinski definition) is 7. The van der Waals surface area contributed by atoms with Gasteiger partial charge in [-0.25, -0.2) is 9.97 Å². The Balaban J connectivity index is 1.56. The van der Waals surface area contributed by atoms with E-state index in [1.165, 1.54) is 6.20 Å². The molecule has 0 radical (unpaired) electrons. The largest absolute Gasteiger partial charge is 0.465 e. The third-order valence-electron chi connectivity index (χ3n) is 6.10. The van der Waals surface area contributed by atoms with E-state index in [-0.39, 0.29) is 24.1 Å². The number of morpholine rings is 1. The highest BCUT2D eigenvalue weighted by atomic mass is 19.1. The molecule has 34 heavy (non-hydrogen) atoms. The highest BCUT2D eigenvalue weighted by molar-refractivity contribution is 5.69. The summed E-state index contributed by atoms with van der Waals surface area (Å²) in [6.45, 7) is 6.35. The quantitative estimate of drug-likeness (QED) is 0.342. The zero-order chi connectivity index (χ0) is 23.9. The molecule has 3 N–H and O–H groups in total. The molecule has 0 spiro atoms. The van der Waals surface area contributed by atoms with Crippen molar-refractivity contribution in [3.8, 4) is 22.8 Å². The number of nitrogens with zero attached hydrogens (tertiary/aromatic N) is 3. The molecular weight excluding hydrogens is 437 g/mol. The monoisotopic (exact) mass is 463 g/mol. The summed E-state index contributed by atoms with van der Waals surface area (Å²) in [5.41, 5.74) is 8.87. The van der Waals surface area contributed by atoms with E-state index >= 15 is 0 Å². The van der Waals surface area contributed by atoms with Crippen LogP contribution in [0, 0.1) is 11.4 Å². The summed E-state index contributed by atoms with van der Waals surface area (Å²) in [5.74, 6) is 0.213. The zero-order valence-corrected chi connectivity index (χ0v) is 19.0. The number of fused-ring (bicyclic) bond motifs is 2. The fourth-order valence-corrected chi connectivity index (χ4v) is 4.51. The zero-order valence-electron chi connectivity index (χ0n) is 19.0. The van der Waals surface area contributed by atoms with E-state index in [0.29, 0.717) is 29.4 Å². The molecule has 0 bridgehead atoms. The van der Waals surface area contributed by atoms with Crippen LogP contribution < -0.4 is 15.4 Å². The van der Waals surface area contributed by atoms with Crippen molar-refractivity contribution in [3.63, 3.8) is 0 Å². The fraction of sp³-hybridized carbons (Fsp3) is 0.320. The number of anilines is 1. The van der Waals surface area contributed by atoms with Crippen molar-refractivity contribution < 1.29 is 18.6 Å². The molecule has 1 saturated heterocycles. The summed E-state index contributed by atoms with van der Waals surface area (Å²) in [7, 11) is 0. The number of aromatic nitrogens is 2. The predicted molar refractivity (Wildman–Crippen MR) is 126 cm³/mol. The molecule has 2 aliphatic heterocycles. The van der Waals surface area contributed by atoms with Crippen LogP contribution in [0.25, 0.3) is 11.1 Å². The number of ether oxygens (including phenoxy) is 3. The number of hydrogen-bond donors (Lipinski definition) is 2. The highest BCUT2D eigenvalue weighted by Gasteiger charge is 2.32. The minimum absolute atomic E-state index is 0.122. The van der Waals surface area contributed by atoms with Crippen molar-refractivity contribution >= 4 is 11.7 Å². The Kier molecular flexibility index (Phi) is 5.57. The number of benzene rings is 1. The van der Waals surface area contributed by atoms with Gasteiger partial charge in [-0.15, -0.1) is 0 Å². The minimum atomic E-state index is -0.546. The average molecular weight is 464 g/mol. The maximum Gasteiger partial charge on any atom is 0.279 e. The maximum absolute atomic E-state index is 14.4. The van der Waals surface area contributed by atoms with Crippen LogP contribution in [0.5, 0.6) is 11.6 Å². The first kappa shape index (κ1) is 22.1. The molecule has 1 atom stereocenters. The van der Waals surface area contributed by atoms with Crippen LogP contribution in [0.2, 0.25) is 0 Å². The Morgan fingerprint density at radius 3 is 2.88 bits per heavy atom. The Morgan fingerprint density at radius 2 is 2.12 bits per heavy atom. The Bertz CT molecular complexity index is 1250. The number of halogens is 1. The Hall–Kier alpha value is -3.72. The van der Waals surface area contributed by atoms with E-state index < -0.39 is 5.95 Å². The lowest BCUT2D eigenvalue weighted by Gasteiger charge is -2.39. The minimum Gasteiger partial charge on any atom is -0.465 e. The summed E-state index contributed by atoms with van der Waals surface area (Å²) in [6.07, 6.45) is 3.22. The van der Waals surface area contributed by atoms with Crippen LogP contribution in [0.4, 0.5) is 10.1 Å². The average Bonchev–Trinajstić information content (AvgIpc) is 2.81. The summed E-state index contributed by atoms with van der Waals surface area (Å²) in [5, 5.41) is 7.56. The molecule has 5 rings (SSSR count). The molecule has 176 valence electrons. The maximum atomic E-state index is 14.4. The number of nitrogens with one attached hydrogen (secondary N) is 1. The molecule has 2 aromatic heterocycles.